The van der Waals surface area contributed by atoms with Gasteiger partial charge in [-0.1, -0.05) is 5.16 Å². The smallest absolute Gasteiger partial charge is 0.254 e. The third kappa shape index (κ3) is 4.18. The number of nitrogens with two attached hydrogens (primary N) is 1. The Hall–Kier alpha value is -2.18. The quantitative estimate of drug-likeness (QED) is 0.375. The highest BCUT2D eigenvalue weighted by molar-refractivity contribution is 5.94. The fourth-order valence-electron chi connectivity index (χ4n) is 1.72. The molecule has 0 spiro atoms. The first-order valence-corrected chi connectivity index (χ1v) is 6.08. The van der Waals surface area contributed by atoms with Gasteiger partial charge in [0.05, 0.1) is 0 Å². The molecule has 0 heterocycles. The van der Waals surface area contributed by atoms with Crippen LogP contribution in [0.2, 0.25) is 0 Å². The van der Waals surface area contributed by atoms with E-state index in [4.69, 9.17) is 10.9 Å². The zero-order valence-electron chi connectivity index (χ0n) is 11.3. The molecule has 0 aliphatic carbocycles. The lowest BCUT2D eigenvalue weighted by molar-refractivity contribution is 0.0710. The van der Waals surface area contributed by atoms with Crippen molar-refractivity contribution in [2.24, 2.45) is 10.9 Å². The summed E-state index contributed by atoms with van der Waals surface area (Å²) in [5.41, 5.74) is 5.28. The van der Waals surface area contributed by atoms with Crippen molar-refractivity contribution in [3.8, 4) is 0 Å². The molecule has 0 saturated heterocycles. The summed E-state index contributed by atoms with van der Waals surface area (Å²) in [6.07, 6.45) is 0.165. The summed E-state index contributed by atoms with van der Waals surface area (Å²) >= 11 is 0. The molecule has 20 heavy (non-hydrogen) atoms. The van der Waals surface area contributed by atoms with Gasteiger partial charge in [-0.3, -0.25) is 4.79 Å². The number of amidine groups is 1. The lowest BCUT2D eigenvalue weighted by Gasteiger charge is -2.26. The molecule has 0 fully saturated rings. The number of hydrogen-bond donors (Lipinski definition) is 2. The second-order valence-corrected chi connectivity index (χ2v) is 4.59. The first kappa shape index (κ1) is 15.9. The van der Waals surface area contributed by atoms with E-state index in [-0.39, 0.29) is 30.4 Å². The Morgan fingerprint density at radius 1 is 1.35 bits per heavy atom. The Labute approximate surface area is 115 Å². The Morgan fingerprint density at radius 2 is 1.90 bits per heavy atom. The number of hydrogen-bond acceptors (Lipinski definition) is 3. The maximum atomic E-state index is 13.1. The minimum absolute atomic E-state index is 0.0196. The van der Waals surface area contributed by atoms with Gasteiger partial charge >= 0.3 is 0 Å². The van der Waals surface area contributed by atoms with Crippen LogP contribution in [0.3, 0.4) is 0 Å². The minimum atomic E-state index is -0.812. The highest BCUT2D eigenvalue weighted by Crippen LogP contribution is 2.13. The van der Waals surface area contributed by atoms with Gasteiger partial charge in [-0.15, -0.1) is 0 Å². The minimum Gasteiger partial charge on any atom is -0.409 e. The lowest BCUT2D eigenvalue weighted by Crippen LogP contribution is -2.39. The van der Waals surface area contributed by atoms with E-state index in [1.54, 1.807) is 13.8 Å². The molecule has 0 saturated carbocycles. The fraction of sp³-hybridized carbons (Fsp3) is 0.385. The van der Waals surface area contributed by atoms with E-state index >= 15 is 0 Å². The van der Waals surface area contributed by atoms with E-state index in [0.29, 0.717) is 6.07 Å². The maximum absolute atomic E-state index is 13.1. The molecule has 1 aromatic rings. The predicted octanol–water partition coefficient (Wildman–Crippen LogP) is 1.95. The molecular weight excluding hydrogens is 268 g/mol. The highest BCUT2D eigenvalue weighted by Gasteiger charge is 2.20. The molecule has 0 radical (unpaired) electrons. The van der Waals surface area contributed by atoms with Crippen LogP contribution in [0.5, 0.6) is 0 Å². The van der Waals surface area contributed by atoms with E-state index < -0.39 is 17.5 Å². The van der Waals surface area contributed by atoms with E-state index in [2.05, 4.69) is 5.16 Å². The number of benzene rings is 1. The summed E-state index contributed by atoms with van der Waals surface area (Å²) in [7, 11) is 0. The van der Waals surface area contributed by atoms with Crippen LogP contribution in [0.15, 0.2) is 23.4 Å². The average molecular weight is 285 g/mol. The molecule has 110 valence electrons. The fourth-order valence-corrected chi connectivity index (χ4v) is 1.72. The molecule has 1 rings (SSSR count). The topological polar surface area (TPSA) is 78.9 Å². The van der Waals surface area contributed by atoms with E-state index in [1.165, 1.54) is 4.90 Å². The first-order chi connectivity index (χ1) is 9.35. The highest BCUT2D eigenvalue weighted by atomic mass is 19.1. The van der Waals surface area contributed by atoms with Crippen LogP contribution >= 0.6 is 0 Å². The van der Waals surface area contributed by atoms with Gasteiger partial charge in [0.15, 0.2) is 0 Å². The summed E-state index contributed by atoms with van der Waals surface area (Å²) in [6, 6.07) is 2.46. The third-order valence-electron chi connectivity index (χ3n) is 2.73. The van der Waals surface area contributed by atoms with Gasteiger partial charge < -0.3 is 15.8 Å². The SMILES string of the molecule is CC(C)N(CCC(N)=NO)C(=O)c1cc(F)cc(F)c1. The molecule has 0 bridgehead atoms. The van der Waals surface area contributed by atoms with Crippen LogP contribution in [0, 0.1) is 11.6 Å². The number of carbonyl (C=O) groups is 1. The van der Waals surface area contributed by atoms with Crippen molar-refractivity contribution in [2.75, 3.05) is 6.54 Å². The van der Waals surface area contributed by atoms with Crippen LogP contribution in [-0.2, 0) is 0 Å². The van der Waals surface area contributed by atoms with Crippen LogP contribution in [0.4, 0.5) is 8.78 Å². The predicted molar refractivity (Wildman–Crippen MR) is 70.6 cm³/mol. The number of oxime groups is 1. The van der Waals surface area contributed by atoms with Crippen LogP contribution in [0.1, 0.15) is 30.6 Å². The second-order valence-electron chi connectivity index (χ2n) is 4.59. The molecular formula is C13H17F2N3O2. The maximum Gasteiger partial charge on any atom is 0.254 e. The lowest BCUT2D eigenvalue weighted by atomic mass is 10.1. The Bertz CT molecular complexity index is 498. The van der Waals surface area contributed by atoms with E-state index in [0.717, 1.165) is 12.1 Å². The van der Waals surface area contributed by atoms with Crippen molar-refractivity contribution >= 4 is 11.7 Å². The summed E-state index contributed by atoms with van der Waals surface area (Å²) in [6.45, 7) is 3.71. The van der Waals surface area contributed by atoms with Crippen molar-refractivity contribution in [2.45, 2.75) is 26.3 Å². The first-order valence-electron chi connectivity index (χ1n) is 6.08. The van der Waals surface area contributed by atoms with E-state index in [1.807, 2.05) is 0 Å². The monoisotopic (exact) mass is 285 g/mol. The Morgan fingerprint density at radius 3 is 2.35 bits per heavy atom. The van der Waals surface area contributed by atoms with E-state index in [9.17, 15) is 13.6 Å². The standard InChI is InChI=1S/C13H17F2N3O2/c1-8(2)18(4-3-12(16)17-20)13(19)9-5-10(14)7-11(15)6-9/h5-8,20H,3-4H2,1-2H3,(H2,16,17). The molecule has 5 nitrogen and oxygen atoms in total. The molecule has 0 aliphatic heterocycles. The molecule has 0 aromatic heterocycles. The molecule has 0 aliphatic rings. The van der Waals surface area contributed by atoms with Crippen LogP contribution in [-0.4, -0.2) is 34.4 Å². The largest absolute Gasteiger partial charge is 0.409 e. The third-order valence-corrected chi connectivity index (χ3v) is 2.73. The zero-order valence-corrected chi connectivity index (χ0v) is 11.3. The van der Waals surface area contributed by atoms with Gasteiger partial charge in [0.2, 0.25) is 0 Å². The molecule has 3 N–H and O–H groups in total. The van der Waals surface area contributed by atoms with Gasteiger partial charge in [0.25, 0.3) is 5.91 Å². The van der Waals surface area contributed by atoms with Crippen molar-refractivity contribution in [1.29, 1.82) is 0 Å². The molecule has 0 atom stereocenters. The zero-order chi connectivity index (χ0) is 15.3. The summed E-state index contributed by atoms with van der Waals surface area (Å²) < 4.78 is 26.3. The molecule has 0 unspecified atom stereocenters. The molecule has 7 heteroatoms. The second kappa shape index (κ2) is 6.83. The van der Waals surface area contributed by atoms with Gasteiger partial charge in [-0.2, -0.15) is 0 Å². The summed E-state index contributed by atoms with van der Waals surface area (Å²) in [5.74, 6) is -2.15. The number of amides is 1. The van der Waals surface area contributed by atoms with Crippen molar-refractivity contribution in [3.63, 3.8) is 0 Å². The van der Waals surface area contributed by atoms with Crippen molar-refractivity contribution < 1.29 is 18.8 Å². The number of nitrogens with zero attached hydrogens (tertiary/aromatic N) is 2. The normalized spacial score (nSPS) is 11.8. The Kier molecular flexibility index (Phi) is 5.42. The van der Waals surface area contributed by atoms with Gasteiger partial charge in [0.1, 0.15) is 17.5 Å². The van der Waals surface area contributed by atoms with Gasteiger partial charge in [0, 0.05) is 30.6 Å². The number of halogens is 2. The summed E-state index contributed by atoms with van der Waals surface area (Å²) in [5, 5.41) is 11.3. The van der Waals surface area contributed by atoms with Crippen molar-refractivity contribution in [1.82, 2.24) is 4.90 Å². The average Bonchev–Trinajstić information content (AvgIpc) is 2.36. The van der Waals surface area contributed by atoms with Gasteiger partial charge in [-0.25, -0.2) is 8.78 Å². The van der Waals surface area contributed by atoms with Gasteiger partial charge in [-0.05, 0) is 26.0 Å². The number of carbonyl (C=O) groups excluding carboxylic acids is 1. The molecule has 1 aromatic carbocycles. The van der Waals surface area contributed by atoms with Crippen LogP contribution < -0.4 is 5.73 Å². The van der Waals surface area contributed by atoms with Crippen molar-refractivity contribution in [3.05, 3.63) is 35.4 Å². The summed E-state index contributed by atoms with van der Waals surface area (Å²) in [4.78, 5) is 13.6. The Balaban J connectivity index is 2.93. The molecule has 1 amide bonds. The van der Waals surface area contributed by atoms with Crippen LogP contribution in [0.25, 0.3) is 0 Å². The number of rotatable bonds is 5.